The molecular weight excluding hydrogens is 348 g/mol. The molecule has 1 N–H and O–H groups in total. The third-order valence-corrected chi connectivity index (χ3v) is 5.62. The molecule has 1 aromatic heterocycles. The van der Waals surface area contributed by atoms with E-state index in [1.54, 1.807) is 0 Å². The number of likely N-dealkylation sites (N-methyl/N-ethyl adjacent to an activating group) is 1. The van der Waals surface area contributed by atoms with Crippen LogP contribution in [0.1, 0.15) is 27.5 Å². The maximum Gasteiger partial charge on any atom is 0.271 e. The number of carbonyl (C=O) groups excluding carboxylic acids is 1. The lowest BCUT2D eigenvalue weighted by Gasteiger charge is -2.25. The van der Waals surface area contributed by atoms with E-state index in [9.17, 15) is 4.79 Å². The van der Waals surface area contributed by atoms with Gasteiger partial charge in [-0.05, 0) is 32.6 Å². The fourth-order valence-electron chi connectivity index (χ4n) is 3.98. The van der Waals surface area contributed by atoms with Crippen LogP contribution in [0, 0.1) is 6.92 Å². The van der Waals surface area contributed by atoms with Gasteiger partial charge in [-0.25, -0.2) is 0 Å². The molecule has 2 atom stereocenters. The fourth-order valence-corrected chi connectivity index (χ4v) is 3.98. The second kappa shape index (κ2) is 7.60. The summed E-state index contributed by atoms with van der Waals surface area (Å²) in [5.74, 6) is 0.312. The second-order valence-electron chi connectivity index (χ2n) is 7.79. The first-order valence-electron chi connectivity index (χ1n) is 9.66. The van der Waals surface area contributed by atoms with E-state index in [4.69, 9.17) is 0 Å². The lowest BCUT2D eigenvalue weighted by molar-refractivity contribution is 0.0776. The molecule has 2 heterocycles. The summed E-state index contributed by atoms with van der Waals surface area (Å²) in [6, 6.07) is 20.7. The van der Waals surface area contributed by atoms with Crippen LogP contribution in [0.3, 0.4) is 0 Å². The molecule has 0 spiro atoms. The Labute approximate surface area is 166 Å². The van der Waals surface area contributed by atoms with Crippen LogP contribution in [0.4, 0.5) is 0 Å². The van der Waals surface area contributed by atoms with Crippen LogP contribution in [0.25, 0.3) is 11.3 Å². The molecule has 4 rings (SSSR count). The minimum atomic E-state index is 0.0103. The van der Waals surface area contributed by atoms with Gasteiger partial charge in [0, 0.05) is 30.6 Å². The number of likely N-dealkylation sites (tertiary alicyclic amines) is 1. The topological polar surface area (TPSA) is 52.2 Å². The Morgan fingerprint density at radius 2 is 1.79 bits per heavy atom. The number of benzene rings is 2. The maximum absolute atomic E-state index is 13.1. The molecular formula is C23H26N4O. The average molecular weight is 374 g/mol. The van der Waals surface area contributed by atoms with Crippen molar-refractivity contribution in [2.24, 2.45) is 0 Å². The Hall–Kier alpha value is -2.92. The van der Waals surface area contributed by atoms with Crippen molar-refractivity contribution in [1.29, 1.82) is 0 Å². The molecule has 0 aliphatic carbocycles. The van der Waals surface area contributed by atoms with Crippen LogP contribution in [0.15, 0.2) is 60.7 Å². The molecule has 5 nitrogen and oxygen atoms in total. The van der Waals surface area contributed by atoms with Gasteiger partial charge >= 0.3 is 0 Å². The Balaban J connectivity index is 1.55. The van der Waals surface area contributed by atoms with Gasteiger partial charge in [0.1, 0.15) is 5.69 Å². The summed E-state index contributed by atoms with van der Waals surface area (Å²) in [6.07, 6.45) is 0. The summed E-state index contributed by atoms with van der Waals surface area (Å²) in [6.45, 7) is 3.52. The summed E-state index contributed by atoms with van der Waals surface area (Å²) >= 11 is 0. The van der Waals surface area contributed by atoms with E-state index in [1.165, 1.54) is 11.1 Å². The first kappa shape index (κ1) is 18.4. The molecule has 1 fully saturated rings. The minimum absolute atomic E-state index is 0.0103. The zero-order valence-corrected chi connectivity index (χ0v) is 16.6. The maximum atomic E-state index is 13.1. The van der Waals surface area contributed by atoms with Crippen molar-refractivity contribution in [3.05, 3.63) is 77.5 Å². The van der Waals surface area contributed by atoms with Crippen LogP contribution >= 0.6 is 0 Å². The predicted octanol–water partition coefficient (Wildman–Crippen LogP) is 3.55. The van der Waals surface area contributed by atoms with Crippen LogP contribution < -0.4 is 0 Å². The van der Waals surface area contributed by atoms with Gasteiger partial charge in [-0.1, -0.05) is 60.2 Å². The molecule has 144 valence electrons. The molecule has 0 saturated carbocycles. The molecule has 1 aliphatic heterocycles. The van der Waals surface area contributed by atoms with Gasteiger partial charge < -0.3 is 9.80 Å². The lowest BCUT2D eigenvalue weighted by Crippen LogP contribution is -2.36. The van der Waals surface area contributed by atoms with Crippen LogP contribution in [-0.2, 0) is 0 Å². The van der Waals surface area contributed by atoms with Gasteiger partial charge in [0.05, 0.1) is 5.69 Å². The number of H-pyrrole nitrogens is 1. The lowest BCUT2D eigenvalue weighted by atomic mass is 9.93. The second-order valence-corrected chi connectivity index (χ2v) is 7.79. The van der Waals surface area contributed by atoms with Gasteiger partial charge in [0.25, 0.3) is 5.91 Å². The molecule has 1 saturated heterocycles. The number of aromatic amines is 1. The quantitative estimate of drug-likeness (QED) is 0.760. The number of aryl methyl sites for hydroxylation is 1. The fraction of sp³-hybridized carbons (Fsp3) is 0.304. The zero-order valence-electron chi connectivity index (χ0n) is 16.6. The third kappa shape index (κ3) is 3.58. The monoisotopic (exact) mass is 374 g/mol. The number of aromatic nitrogens is 2. The smallest absolute Gasteiger partial charge is 0.271 e. The van der Waals surface area contributed by atoms with E-state index >= 15 is 0 Å². The number of amides is 1. The van der Waals surface area contributed by atoms with E-state index < -0.39 is 0 Å². The largest absolute Gasteiger partial charge is 0.335 e. The van der Waals surface area contributed by atoms with Crippen molar-refractivity contribution in [2.45, 2.75) is 18.9 Å². The van der Waals surface area contributed by atoms with E-state index in [-0.39, 0.29) is 5.91 Å². The molecule has 0 bridgehead atoms. The van der Waals surface area contributed by atoms with E-state index in [0.29, 0.717) is 30.7 Å². The van der Waals surface area contributed by atoms with Crippen molar-refractivity contribution in [2.75, 3.05) is 27.2 Å². The third-order valence-electron chi connectivity index (χ3n) is 5.62. The normalized spacial score (nSPS) is 19.4. The summed E-state index contributed by atoms with van der Waals surface area (Å²) in [5.41, 5.74) is 4.88. The minimum Gasteiger partial charge on any atom is -0.335 e. The molecule has 1 amide bonds. The number of rotatable bonds is 4. The average Bonchev–Trinajstić information content (AvgIpc) is 3.37. The standard InChI is InChI=1S/C23H26N4O/c1-16-9-11-17(12-10-16)19-14-27(15-22(19)26(2)3)23(28)21-13-20(24-25-21)18-7-5-4-6-8-18/h4-13,19,22H,14-15H2,1-3H3,(H,24,25)/t19-,22+/m0/s1. The van der Waals surface area contributed by atoms with Crippen molar-refractivity contribution >= 4 is 5.91 Å². The number of hydrogen-bond acceptors (Lipinski definition) is 3. The molecule has 0 radical (unpaired) electrons. The number of hydrogen-bond donors (Lipinski definition) is 1. The highest BCUT2D eigenvalue weighted by Gasteiger charge is 2.38. The van der Waals surface area contributed by atoms with Gasteiger partial charge in [-0.15, -0.1) is 0 Å². The first-order chi connectivity index (χ1) is 13.5. The van der Waals surface area contributed by atoms with Gasteiger partial charge in [-0.2, -0.15) is 5.10 Å². The van der Waals surface area contributed by atoms with Crippen LogP contribution in [0.5, 0.6) is 0 Å². The number of nitrogens with one attached hydrogen (secondary N) is 1. The van der Waals surface area contributed by atoms with Gasteiger partial charge in [-0.3, -0.25) is 9.89 Å². The zero-order chi connectivity index (χ0) is 19.7. The number of carbonyl (C=O) groups is 1. The summed E-state index contributed by atoms with van der Waals surface area (Å²) in [7, 11) is 4.17. The molecule has 28 heavy (non-hydrogen) atoms. The van der Waals surface area contributed by atoms with E-state index in [1.807, 2.05) is 41.3 Å². The Bertz CT molecular complexity index is 946. The molecule has 1 aliphatic rings. The van der Waals surface area contributed by atoms with Crippen molar-refractivity contribution < 1.29 is 4.79 Å². The Kier molecular flexibility index (Phi) is 5.01. The summed E-state index contributed by atoms with van der Waals surface area (Å²) in [4.78, 5) is 17.3. The Morgan fingerprint density at radius 1 is 1.07 bits per heavy atom. The summed E-state index contributed by atoms with van der Waals surface area (Å²) in [5, 5.41) is 7.27. The van der Waals surface area contributed by atoms with Crippen molar-refractivity contribution in [3.8, 4) is 11.3 Å². The molecule has 3 aromatic rings. The van der Waals surface area contributed by atoms with Crippen LogP contribution in [-0.4, -0.2) is 59.1 Å². The number of nitrogens with zero attached hydrogens (tertiary/aromatic N) is 3. The van der Waals surface area contributed by atoms with E-state index in [0.717, 1.165) is 11.3 Å². The first-order valence-corrected chi connectivity index (χ1v) is 9.66. The van der Waals surface area contributed by atoms with Crippen molar-refractivity contribution in [1.82, 2.24) is 20.0 Å². The summed E-state index contributed by atoms with van der Waals surface area (Å²) < 4.78 is 0. The van der Waals surface area contributed by atoms with Gasteiger partial charge in [0.2, 0.25) is 0 Å². The SMILES string of the molecule is Cc1ccc([C@@H]2CN(C(=O)c3cc(-c4ccccc4)n[nH]3)C[C@H]2N(C)C)cc1. The van der Waals surface area contributed by atoms with Crippen molar-refractivity contribution in [3.63, 3.8) is 0 Å². The van der Waals surface area contributed by atoms with Crippen LogP contribution in [0.2, 0.25) is 0 Å². The van der Waals surface area contributed by atoms with E-state index in [2.05, 4.69) is 60.4 Å². The Morgan fingerprint density at radius 3 is 2.46 bits per heavy atom. The highest BCUT2D eigenvalue weighted by atomic mass is 16.2. The highest BCUT2D eigenvalue weighted by molar-refractivity contribution is 5.93. The predicted molar refractivity (Wildman–Crippen MR) is 111 cm³/mol. The molecule has 5 heteroatoms. The highest BCUT2D eigenvalue weighted by Crippen LogP contribution is 2.31. The van der Waals surface area contributed by atoms with Gasteiger partial charge in [0.15, 0.2) is 0 Å². The molecule has 2 aromatic carbocycles. The molecule has 0 unspecified atom stereocenters.